The third kappa shape index (κ3) is 4.13. The summed E-state index contributed by atoms with van der Waals surface area (Å²) in [6.07, 6.45) is 5.42. The number of aliphatic hydroxyl groups excluding tert-OH is 1. The largest absolute Gasteiger partial charge is 0.388 e. The first kappa shape index (κ1) is 16.1. The summed E-state index contributed by atoms with van der Waals surface area (Å²) in [5.74, 6) is 0. The van der Waals surface area contributed by atoms with E-state index in [0.29, 0.717) is 6.04 Å². The number of likely N-dealkylation sites (tertiary alicyclic amines) is 1. The van der Waals surface area contributed by atoms with Crippen LogP contribution in [0, 0.1) is 6.92 Å². The van der Waals surface area contributed by atoms with Gasteiger partial charge in [-0.3, -0.25) is 4.90 Å². The summed E-state index contributed by atoms with van der Waals surface area (Å²) >= 11 is 3.33. The highest BCUT2D eigenvalue weighted by molar-refractivity contribution is 7.11. The Morgan fingerprint density at radius 3 is 3.00 bits per heavy atom. The van der Waals surface area contributed by atoms with Crippen LogP contribution in [0.5, 0.6) is 0 Å². The summed E-state index contributed by atoms with van der Waals surface area (Å²) in [5.41, 5.74) is 0. The summed E-state index contributed by atoms with van der Waals surface area (Å²) in [6.45, 7) is 3.97. The fourth-order valence-corrected chi connectivity index (χ4v) is 4.60. The smallest absolute Gasteiger partial charge is 0.131 e. The van der Waals surface area contributed by atoms with Gasteiger partial charge in [-0.2, -0.15) is 0 Å². The molecule has 1 aliphatic rings. The highest BCUT2D eigenvalue weighted by atomic mass is 32.1. The van der Waals surface area contributed by atoms with Crippen molar-refractivity contribution in [1.29, 1.82) is 0 Å². The van der Waals surface area contributed by atoms with Crippen LogP contribution in [0.4, 0.5) is 0 Å². The van der Waals surface area contributed by atoms with Crippen LogP contribution in [0.3, 0.4) is 0 Å². The van der Waals surface area contributed by atoms with Gasteiger partial charge in [0.2, 0.25) is 0 Å². The molecule has 1 aliphatic heterocycles. The molecule has 0 aromatic carbocycles. The lowest BCUT2D eigenvalue weighted by Gasteiger charge is -2.30. The maximum absolute atomic E-state index is 10.5. The molecule has 4 nitrogen and oxygen atoms in total. The Bertz CT molecular complexity index is 570. The van der Waals surface area contributed by atoms with Gasteiger partial charge < -0.3 is 5.11 Å². The summed E-state index contributed by atoms with van der Waals surface area (Å²) in [7, 11) is 0. The predicted molar refractivity (Wildman–Crippen MR) is 91.2 cm³/mol. The molecule has 2 aromatic heterocycles. The molecule has 3 heterocycles. The molecule has 2 aromatic rings. The number of hydrogen-bond donors (Lipinski definition) is 1. The van der Waals surface area contributed by atoms with E-state index in [1.807, 2.05) is 24.4 Å². The molecule has 2 atom stereocenters. The standard InChI is InChI=1S/C16H23N3OS2/c1-12-17-18-16(22-12)11-19-8-4-2-3-6-13(19)10-14(20)15-7-5-9-21-15/h5,7,9,13-14,20H,2-4,6,8,10-11H2,1H3/t13-,14+/m0/s1. The number of nitrogens with zero attached hydrogens (tertiary/aromatic N) is 3. The van der Waals surface area contributed by atoms with Gasteiger partial charge in [0.05, 0.1) is 12.6 Å². The second-order valence-corrected chi connectivity index (χ2v) is 8.20. The molecule has 0 radical (unpaired) electrons. The summed E-state index contributed by atoms with van der Waals surface area (Å²) in [5, 5.41) is 23.1. The molecule has 0 amide bonds. The molecule has 0 aliphatic carbocycles. The van der Waals surface area contributed by atoms with Gasteiger partial charge in [-0.1, -0.05) is 18.9 Å². The monoisotopic (exact) mass is 337 g/mol. The first-order valence-corrected chi connectivity index (χ1v) is 9.66. The lowest BCUT2D eigenvalue weighted by atomic mass is 10.0. The average molecular weight is 338 g/mol. The minimum absolute atomic E-state index is 0.346. The van der Waals surface area contributed by atoms with Crippen molar-refractivity contribution in [2.75, 3.05) is 6.54 Å². The number of hydrogen-bond acceptors (Lipinski definition) is 6. The molecule has 1 fully saturated rings. The Hall–Kier alpha value is -0.820. The van der Waals surface area contributed by atoms with Crippen molar-refractivity contribution >= 4 is 22.7 Å². The number of aromatic nitrogens is 2. The zero-order valence-corrected chi connectivity index (χ0v) is 14.6. The maximum Gasteiger partial charge on any atom is 0.131 e. The molecule has 0 saturated carbocycles. The fraction of sp³-hybridized carbons (Fsp3) is 0.625. The molecule has 22 heavy (non-hydrogen) atoms. The lowest BCUT2D eigenvalue weighted by molar-refractivity contribution is 0.0994. The van der Waals surface area contributed by atoms with E-state index in [0.717, 1.165) is 34.4 Å². The zero-order chi connectivity index (χ0) is 15.4. The van der Waals surface area contributed by atoms with E-state index in [1.54, 1.807) is 22.7 Å². The van der Waals surface area contributed by atoms with Gasteiger partial charge in [0.1, 0.15) is 10.0 Å². The summed E-state index contributed by atoms with van der Waals surface area (Å²) in [4.78, 5) is 3.58. The molecule has 120 valence electrons. The fourth-order valence-electron chi connectivity index (χ4n) is 3.14. The van der Waals surface area contributed by atoms with Crippen molar-refractivity contribution in [3.05, 3.63) is 32.4 Å². The second-order valence-electron chi connectivity index (χ2n) is 5.96. The van der Waals surface area contributed by atoms with Crippen molar-refractivity contribution in [3.63, 3.8) is 0 Å². The topological polar surface area (TPSA) is 49.2 Å². The molecule has 0 unspecified atom stereocenters. The van der Waals surface area contributed by atoms with Gasteiger partial charge in [0.15, 0.2) is 0 Å². The highest BCUT2D eigenvalue weighted by Crippen LogP contribution is 2.29. The Kier molecular flexibility index (Phi) is 5.57. The maximum atomic E-state index is 10.5. The Morgan fingerprint density at radius 1 is 1.36 bits per heavy atom. The van der Waals surface area contributed by atoms with E-state index >= 15 is 0 Å². The minimum Gasteiger partial charge on any atom is -0.388 e. The average Bonchev–Trinajstić information content (AvgIpc) is 3.12. The van der Waals surface area contributed by atoms with Crippen LogP contribution in [-0.2, 0) is 6.54 Å². The van der Waals surface area contributed by atoms with Gasteiger partial charge in [-0.15, -0.1) is 32.9 Å². The Balaban J connectivity index is 1.67. The van der Waals surface area contributed by atoms with E-state index in [4.69, 9.17) is 0 Å². The van der Waals surface area contributed by atoms with Crippen molar-refractivity contribution in [1.82, 2.24) is 15.1 Å². The first-order valence-electron chi connectivity index (χ1n) is 7.97. The van der Waals surface area contributed by atoms with Crippen molar-refractivity contribution in [3.8, 4) is 0 Å². The van der Waals surface area contributed by atoms with Crippen molar-refractivity contribution in [2.24, 2.45) is 0 Å². The predicted octanol–water partition coefficient (Wildman–Crippen LogP) is 3.78. The zero-order valence-electron chi connectivity index (χ0n) is 12.9. The van der Waals surface area contributed by atoms with Crippen LogP contribution < -0.4 is 0 Å². The Morgan fingerprint density at radius 2 is 2.27 bits per heavy atom. The van der Waals surface area contributed by atoms with Gasteiger partial charge in [-0.25, -0.2) is 0 Å². The van der Waals surface area contributed by atoms with Crippen LogP contribution >= 0.6 is 22.7 Å². The molecule has 6 heteroatoms. The third-order valence-electron chi connectivity index (χ3n) is 4.27. The number of rotatable bonds is 5. The van der Waals surface area contributed by atoms with E-state index < -0.39 is 0 Å². The first-order chi connectivity index (χ1) is 10.7. The van der Waals surface area contributed by atoms with E-state index in [-0.39, 0.29) is 6.10 Å². The molecule has 3 rings (SSSR count). The Labute approximate surface area is 139 Å². The van der Waals surface area contributed by atoms with Crippen LogP contribution in [0.15, 0.2) is 17.5 Å². The number of aliphatic hydroxyl groups is 1. The van der Waals surface area contributed by atoms with Gasteiger partial charge in [0, 0.05) is 10.9 Å². The SMILES string of the molecule is Cc1nnc(CN2CCCCC[C@H]2C[C@@H](O)c2cccs2)s1. The van der Waals surface area contributed by atoms with Crippen molar-refractivity contribution in [2.45, 2.75) is 57.7 Å². The van der Waals surface area contributed by atoms with E-state index in [2.05, 4.69) is 15.1 Å². The highest BCUT2D eigenvalue weighted by Gasteiger charge is 2.25. The molecule has 0 bridgehead atoms. The molecular weight excluding hydrogens is 314 g/mol. The van der Waals surface area contributed by atoms with Crippen LogP contribution in [-0.4, -0.2) is 32.8 Å². The summed E-state index contributed by atoms with van der Waals surface area (Å²) < 4.78 is 0. The van der Waals surface area contributed by atoms with Crippen LogP contribution in [0.2, 0.25) is 0 Å². The third-order valence-corrected chi connectivity index (χ3v) is 6.07. The molecule has 1 N–H and O–H groups in total. The summed E-state index contributed by atoms with van der Waals surface area (Å²) in [6, 6.07) is 4.48. The van der Waals surface area contributed by atoms with E-state index in [9.17, 15) is 5.11 Å². The lowest BCUT2D eigenvalue weighted by Crippen LogP contribution is -2.35. The molecule has 0 spiro atoms. The van der Waals surface area contributed by atoms with Gasteiger partial charge >= 0.3 is 0 Å². The van der Waals surface area contributed by atoms with Gasteiger partial charge in [-0.05, 0) is 44.2 Å². The normalized spacial score (nSPS) is 21.6. The van der Waals surface area contributed by atoms with Crippen LogP contribution in [0.25, 0.3) is 0 Å². The minimum atomic E-state index is -0.346. The second kappa shape index (κ2) is 7.64. The number of aryl methyl sites for hydroxylation is 1. The molecular formula is C16H23N3OS2. The number of thiophene rings is 1. The van der Waals surface area contributed by atoms with Crippen molar-refractivity contribution < 1.29 is 5.11 Å². The van der Waals surface area contributed by atoms with Gasteiger partial charge in [0.25, 0.3) is 0 Å². The molecule has 1 saturated heterocycles. The van der Waals surface area contributed by atoms with E-state index in [1.165, 1.54) is 25.7 Å². The van der Waals surface area contributed by atoms with Crippen LogP contribution in [0.1, 0.15) is 53.1 Å². The quantitative estimate of drug-likeness (QED) is 0.902.